The van der Waals surface area contributed by atoms with Crippen molar-refractivity contribution in [3.05, 3.63) is 64.4 Å². The Morgan fingerprint density at radius 3 is 2.70 bits per heavy atom. The van der Waals surface area contributed by atoms with E-state index in [0.29, 0.717) is 17.6 Å². The molecule has 3 nitrogen and oxygen atoms in total. The summed E-state index contributed by atoms with van der Waals surface area (Å²) in [7, 11) is 0. The van der Waals surface area contributed by atoms with Crippen LogP contribution >= 0.6 is 15.9 Å². The molecule has 20 heavy (non-hydrogen) atoms. The minimum atomic E-state index is -0.445. The fourth-order valence-electron chi connectivity index (χ4n) is 1.62. The second kappa shape index (κ2) is 7.05. The summed E-state index contributed by atoms with van der Waals surface area (Å²) >= 11 is 3.22. The van der Waals surface area contributed by atoms with E-state index >= 15 is 0 Å². The normalized spacial score (nSPS) is 10.1. The molecule has 0 bridgehead atoms. The minimum absolute atomic E-state index is 0.268. The lowest BCUT2D eigenvalue weighted by Crippen LogP contribution is -2.28. The Morgan fingerprint density at radius 2 is 1.95 bits per heavy atom. The predicted molar refractivity (Wildman–Crippen MR) is 78.4 cm³/mol. The lowest BCUT2D eigenvalue weighted by atomic mass is 10.2. The Kier molecular flexibility index (Phi) is 5.12. The number of hydrogen-bond acceptors (Lipinski definition) is 2. The van der Waals surface area contributed by atoms with Crippen molar-refractivity contribution in [2.45, 2.75) is 0 Å². The maximum atomic E-state index is 13.1. The summed E-state index contributed by atoms with van der Waals surface area (Å²) in [5.74, 6) is -0.0411. The summed E-state index contributed by atoms with van der Waals surface area (Å²) in [5, 5.41) is 2.68. The Morgan fingerprint density at radius 1 is 1.20 bits per heavy atom. The first-order valence-corrected chi connectivity index (χ1v) is 6.87. The second-order valence-electron chi connectivity index (χ2n) is 4.04. The van der Waals surface area contributed by atoms with Crippen molar-refractivity contribution < 1.29 is 13.9 Å². The van der Waals surface area contributed by atoms with Gasteiger partial charge >= 0.3 is 0 Å². The van der Waals surface area contributed by atoms with E-state index in [0.717, 1.165) is 5.75 Å². The zero-order valence-corrected chi connectivity index (χ0v) is 12.2. The number of nitrogens with one attached hydrogen (secondary N) is 1. The molecule has 2 rings (SSSR count). The van der Waals surface area contributed by atoms with Crippen LogP contribution in [0.5, 0.6) is 5.75 Å². The molecule has 0 aromatic heterocycles. The Bertz CT molecular complexity index is 590. The monoisotopic (exact) mass is 337 g/mol. The van der Waals surface area contributed by atoms with E-state index in [9.17, 15) is 9.18 Å². The van der Waals surface area contributed by atoms with Gasteiger partial charge in [-0.1, -0.05) is 18.2 Å². The Balaban J connectivity index is 1.82. The van der Waals surface area contributed by atoms with Crippen LogP contribution in [0.1, 0.15) is 10.4 Å². The lowest BCUT2D eigenvalue weighted by molar-refractivity contribution is 0.0946. The third-order valence-corrected chi connectivity index (χ3v) is 3.26. The molecule has 104 valence electrons. The van der Waals surface area contributed by atoms with Gasteiger partial charge < -0.3 is 10.1 Å². The molecule has 0 saturated heterocycles. The van der Waals surface area contributed by atoms with Crippen molar-refractivity contribution in [2.24, 2.45) is 0 Å². The molecule has 0 atom stereocenters. The average Bonchev–Trinajstić information content (AvgIpc) is 2.47. The first kappa shape index (κ1) is 14.5. The van der Waals surface area contributed by atoms with Gasteiger partial charge in [0.05, 0.1) is 12.1 Å². The molecule has 1 amide bonds. The third-order valence-electron chi connectivity index (χ3n) is 2.57. The summed E-state index contributed by atoms with van der Waals surface area (Å²) in [6, 6.07) is 13.3. The van der Waals surface area contributed by atoms with Gasteiger partial charge in [-0.15, -0.1) is 0 Å². The van der Waals surface area contributed by atoms with Crippen LogP contribution in [-0.4, -0.2) is 19.1 Å². The molecule has 0 radical (unpaired) electrons. The van der Waals surface area contributed by atoms with Gasteiger partial charge in [-0.3, -0.25) is 4.79 Å². The summed E-state index contributed by atoms with van der Waals surface area (Å²) in [6.45, 7) is 0.694. The van der Waals surface area contributed by atoms with Crippen LogP contribution in [0.3, 0.4) is 0 Å². The van der Waals surface area contributed by atoms with Gasteiger partial charge in [0.2, 0.25) is 0 Å². The number of halogens is 2. The minimum Gasteiger partial charge on any atom is -0.492 e. The second-order valence-corrected chi connectivity index (χ2v) is 4.90. The first-order valence-electron chi connectivity index (χ1n) is 6.08. The number of ether oxygens (including phenoxy) is 1. The van der Waals surface area contributed by atoms with Crippen molar-refractivity contribution in [3.63, 3.8) is 0 Å². The molecule has 0 heterocycles. The highest BCUT2D eigenvalue weighted by Gasteiger charge is 2.10. The molecule has 0 fully saturated rings. The van der Waals surface area contributed by atoms with Crippen LogP contribution in [0, 0.1) is 5.82 Å². The fourth-order valence-corrected chi connectivity index (χ4v) is 2.04. The van der Waals surface area contributed by atoms with Gasteiger partial charge in [-0.2, -0.15) is 0 Å². The topological polar surface area (TPSA) is 38.3 Å². The van der Waals surface area contributed by atoms with E-state index in [2.05, 4.69) is 21.2 Å². The predicted octanol–water partition coefficient (Wildman–Crippen LogP) is 3.40. The Labute approximate surface area is 124 Å². The van der Waals surface area contributed by atoms with Crippen LogP contribution in [0.4, 0.5) is 4.39 Å². The number of rotatable bonds is 5. The molecular formula is C15H13BrFNO2. The van der Waals surface area contributed by atoms with Gasteiger partial charge in [-0.05, 0) is 46.3 Å². The summed E-state index contributed by atoms with van der Waals surface area (Å²) in [4.78, 5) is 11.9. The van der Waals surface area contributed by atoms with Crippen LogP contribution in [-0.2, 0) is 0 Å². The van der Waals surface area contributed by atoms with E-state index < -0.39 is 5.82 Å². The number of benzene rings is 2. The van der Waals surface area contributed by atoms with Crippen molar-refractivity contribution in [1.29, 1.82) is 0 Å². The number of carbonyl (C=O) groups is 1. The first-order chi connectivity index (χ1) is 9.66. The van der Waals surface area contributed by atoms with E-state index in [-0.39, 0.29) is 11.5 Å². The number of hydrogen-bond donors (Lipinski definition) is 1. The van der Waals surface area contributed by atoms with Crippen molar-refractivity contribution >= 4 is 21.8 Å². The highest BCUT2D eigenvalue weighted by molar-refractivity contribution is 9.10. The molecule has 0 saturated carbocycles. The molecule has 0 unspecified atom stereocenters. The quantitative estimate of drug-likeness (QED) is 0.849. The zero-order valence-electron chi connectivity index (χ0n) is 10.6. The standard InChI is InChI=1S/C15H13BrFNO2/c16-14-7-6-11(17)10-13(14)15(19)18-8-9-20-12-4-2-1-3-5-12/h1-7,10H,8-9H2,(H,18,19). The van der Waals surface area contributed by atoms with E-state index in [1.807, 2.05) is 30.3 Å². The van der Waals surface area contributed by atoms with E-state index in [1.165, 1.54) is 18.2 Å². The smallest absolute Gasteiger partial charge is 0.252 e. The van der Waals surface area contributed by atoms with E-state index in [1.54, 1.807) is 0 Å². The fraction of sp³-hybridized carbons (Fsp3) is 0.133. The maximum absolute atomic E-state index is 13.1. The average molecular weight is 338 g/mol. The number of carbonyl (C=O) groups excluding carboxylic acids is 1. The van der Waals surface area contributed by atoms with Gasteiger partial charge in [-0.25, -0.2) is 4.39 Å². The number of para-hydroxylation sites is 1. The molecule has 1 N–H and O–H groups in total. The van der Waals surface area contributed by atoms with Gasteiger partial charge in [0.25, 0.3) is 5.91 Å². The van der Waals surface area contributed by atoms with Crippen LogP contribution in [0.25, 0.3) is 0 Å². The molecule has 0 aliphatic carbocycles. The van der Waals surface area contributed by atoms with Crippen LogP contribution in [0.2, 0.25) is 0 Å². The van der Waals surface area contributed by atoms with Crippen molar-refractivity contribution in [3.8, 4) is 5.75 Å². The molecular weight excluding hydrogens is 325 g/mol. The molecule has 0 aliphatic rings. The Hall–Kier alpha value is -1.88. The van der Waals surface area contributed by atoms with Gasteiger partial charge in [0.15, 0.2) is 0 Å². The van der Waals surface area contributed by atoms with Crippen LogP contribution < -0.4 is 10.1 Å². The van der Waals surface area contributed by atoms with Crippen molar-refractivity contribution in [2.75, 3.05) is 13.2 Å². The molecule has 5 heteroatoms. The molecule has 0 spiro atoms. The van der Waals surface area contributed by atoms with Crippen LogP contribution in [0.15, 0.2) is 53.0 Å². The summed E-state index contributed by atoms with van der Waals surface area (Å²) < 4.78 is 19.1. The molecule has 0 aliphatic heterocycles. The maximum Gasteiger partial charge on any atom is 0.252 e. The molecule has 2 aromatic rings. The number of amides is 1. The summed E-state index contributed by atoms with van der Waals surface area (Å²) in [5.41, 5.74) is 0.268. The highest BCUT2D eigenvalue weighted by Crippen LogP contribution is 2.17. The third kappa shape index (κ3) is 4.06. The van der Waals surface area contributed by atoms with Gasteiger partial charge in [0.1, 0.15) is 18.2 Å². The largest absolute Gasteiger partial charge is 0.492 e. The lowest BCUT2D eigenvalue weighted by Gasteiger charge is -2.08. The SMILES string of the molecule is O=C(NCCOc1ccccc1)c1cc(F)ccc1Br. The van der Waals surface area contributed by atoms with Crippen molar-refractivity contribution in [1.82, 2.24) is 5.32 Å². The molecule has 2 aromatic carbocycles. The zero-order chi connectivity index (χ0) is 14.4. The van der Waals surface area contributed by atoms with Gasteiger partial charge in [0, 0.05) is 4.47 Å². The summed E-state index contributed by atoms with van der Waals surface area (Å²) in [6.07, 6.45) is 0. The van der Waals surface area contributed by atoms with E-state index in [4.69, 9.17) is 4.74 Å². The highest BCUT2D eigenvalue weighted by atomic mass is 79.9.